The Balaban J connectivity index is 1.61. The minimum absolute atomic E-state index is 0.170. The van der Waals surface area contributed by atoms with Gasteiger partial charge in [0.1, 0.15) is 5.25 Å². The van der Waals surface area contributed by atoms with E-state index in [0.717, 1.165) is 11.1 Å². The predicted molar refractivity (Wildman–Crippen MR) is 127 cm³/mol. The second-order valence-electron chi connectivity index (χ2n) is 7.20. The Hall–Kier alpha value is -2.68. The lowest BCUT2D eigenvalue weighted by Crippen LogP contribution is -2.42. The van der Waals surface area contributed by atoms with Gasteiger partial charge in [0.25, 0.3) is 0 Å². The number of nitrogens with one attached hydrogen (secondary N) is 2. The first-order valence-electron chi connectivity index (χ1n) is 9.92. The Morgan fingerprint density at radius 3 is 2.25 bits per heavy atom. The maximum atomic E-state index is 13.2. The number of thiophene rings is 1. The number of carbonyl (C=O) groups is 2. The minimum atomic E-state index is -3.77. The maximum Gasteiger partial charge on any atom is 0.309 e. The zero-order valence-corrected chi connectivity index (χ0v) is 19.8. The Kier molecular flexibility index (Phi) is 8.06. The smallest absolute Gasteiger partial charge is 0.309 e. The quantitative estimate of drug-likeness (QED) is 0.471. The number of halogens is 1. The summed E-state index contributed by atoms with van der Waals surface area (Å²) in [5.74, 6) is -1.68. The lowest BCUT2D eigenvalue weighted by atomic mass is 10.1. The van der Waals surface area contributed by atoms with E-state index in [4.69, 9.17) is 11.6 Å². The summed E-state index contributed by atoms with van der Waals surface area (Å²) in [6.07, 6.45) is 0.538. The lowest BCUT2D eigenvalue weighted by Gasteiger charge is -2.17. The summed E-state index contributed by atoms with van der Waals surface area (Å²) in [5, 5.41) is 6.43. The molecule has 1 atom stereocenters. The van der Waals surface area contributed by atoms with Crippen LogP contribution in [0.15, 0.2) is 70.9 Å². The van der Waals surface area contributed by atoms with Gasteiger partial charge in [-0.15, -0.1) is 11.3 Å². The summed E-state index contributed by atoms with van der Waals surface area (Å²) in [4.78, 5) is 25.2. The Bertz CT molecular complexity index is 1160. The number of amides is 2. The number of hydrogen-bond acceptors (Lipinski definition) is 5. The van der Waals surface area contributed by atoms with Crippen molar-refractivity contribution in [2.75, 3.05) is 13.1 Å². The molecule has 0 radical (unpaired) electrons. The molecule has 3 aromatic rings. The van der Waals surface area contributed by atoms with Crippen LogP contribution in [0.4, 0.5) is 0 Å². The van der Waals surface area contributed by atoms with Crippen molar-refractivity contribution in [2.24, 2.45) is 0 Å². The Morgan fingerprint density at radius 2 is 1.62 bits per heavy atom. The van der Waals surface area contributed by atoms with E-state index in [0.29, 0.717) is 16.3 Å². The van der Waals surface area contributed by atoms with Crippen molar-refractivity contribution < 1.29 is 18.0 Å². The van der Waals surface area contributed by atoms with Crippen LogP contribution in [0.25, 0.3) is 0 Å². The molecule has 0 aliphatic heterocycles. The van der Waals surface area contributed by atoms with Gasteiger partial charge >= 0.3 is 11.8 Å². The lowest BCUT2D eigenvalue weighted by molar-refractivity contribution is -0.139. The highest BCUT2D eigenvalue weighted by Crippen LogP contribution is 2.31. The van der Waals surface area contributed by atoms with Crippen molar-refractivity contribution >= 4 is 44.6 Å². The van der Waals surface area contributed by atoms with Crippen LogP contribution in [-0.2, 0) is 25.8 Å². The third-order valence-corrected chi connectivity index (χ3v) is 8.34. The van der Waals surface area contributed by atoms with Crippen LogP contribution in [0.1, 0.15) is 21.3 Å². The largest absolute Gasteiger partial charge is 0.348 e. The summed E-state index contributed by atoms with van der Waals surface area (Å²) < 4.78 is 26.4. The van der Waals surface area contributed by atoms with Gasteiger partial charge in [-0.2, -0.15) is 0 Å². The zero-order chi connectivity index (χ0) is 23.1. The van der Waals surface area contributed by atoms with Gasteiger partial charge in [-0.05, 0) is 54.6 Å². The molecule has 0 bridgehead atoms. The van der Waals surface area contributed by atoms with Gasteiger partial charge in [0.2, 0.25) is 0 Å². The van der Waals surface area contributed by atoms with Crippen LogP contribution in [0.5, 0.6) is 0 Å². The second kappa shape index (κ2) is 10.8. The van der Waals surface area contributed by atoms with Gasteiger partial charge in [0.15, 0.2) is 9.84 Å². The molecule has 1 unspecified atom stereocenters. The highest BCUT2D eigenvalue weighted by Gasteiger charge is 2.31. The van der Waals surface area contributed by atoms with Crippen molar-refractivity contribution in [3.8, 4) is 0 Å². The number of carbonyl (C=O) groups excluding carboxylic acids is 2. The summed E-state index contributed by atoms with van der Waals surface area (Å²) in [6, 6.07) is 17.2. The molecular weight excluding hydrogens is 468 g/mol. The summed E-state index contributed by atoms with van der Waals surface area (Å²) >= 11 is 7.14. The molecule has 0 fully saturated rings. The molecule has 0 spiro atoms. The fraction of sp³-hybridized carbons (Fsp3) is 0.217. The summed E-state index contributed by atoms with van der Waals surface area (Å²) in [5.41, 5.74) is 1.91. The van der Waals surface area contributed by atoms with E-state index >= 15 is 0 Å². The Labute approximate surface area is 196 Å². The molecule has 168 valence electrons. The van der Waals surface area contributed by atoms with Crippen molar-refractivity contribution in [1.29, 1.82) is 0 Å². The Morgan fingerprint density at radius 1 is 0.969 bits per heavy atom. The minimum Gasteiger partial charge on any atom is -0.348 e. The van der Waals surface area contributed by atoms with Crippen molar-refractivity contribution in [2.45, 2.75) is 23.5 Å². The average Bonchev–Trinajstić information content (AvgIpc) is 3.29. The molecule has 0 saturated carbocycles. The molecule has 2 aromatic carbocycles. The van der Waals surface area contributed by atoms with Gasteiger partial charge in [-0.25, -0.2) is 8.42 Å². The number of aryl methyl sites for hydroxylation is 1. The highest BCUT2D eigenvalue weighted by atomic mass is 35.5. The monoisotopic (exact) mass is 490 g/mol. The zero-order valence-electron chi connectivity index (χ0n) is 17.4. The molecule has 9 heteroatoms. The summed E-state index contributed by atoms with van der Waals surface area (Å²) in [7, 11) is -3.77. The molecule has 1 aromatic heterocycles. The van der Waals surface area contributed by atoms with E-state index in [9.17, 15) is 18.0 Å². The van der Waals surface area contributed by atoms with Crippen LogP contribution in [-0.4, -0.2) is 33.3 Å². The maximum absolute atomic E-state index is 13.2. The van der Waals surface area contributed by atoms with E-state index in [1.807, 2.05) is 19.1 Å². The van der Waals surface area contributed by atoms with Crippen LogP contribution < -0.4 is 10.6 Å². The molecule has 2 N–H and O–H groups in total. The van der Waals surface area contributed by atoms with E-state index < -0.39 is 26.9 Å². The first kappa shape index (κ1) is 24.0. The van der Waals surface area contributed by atoms with Crippen LogP contribution in [0.2, 0.25) is 5.02 Å². The highest BCUT2D eigenvalue weighted by molar-refractivity contribution is 7.91. The molecule has 32 heavy (non-hydrogen) atoms. The normalized spacial score (nSPS) is 12.2. The van der Waals surface area contributed by atoms with Gasteiger partial charge < -0.3 is 10.6 Å². The van der Waals surface area contributed by atoms with Crippen molar-refractivity contribution in [3.63, 3.8) is 0 Å². The molecule has 2 amide bonds. The fourth-order valence-corrected chi connectivity index (χ4v) is 5.96. The molecule has 0 saturated heterocycles. The first-order chi connectivity index (χ1) is 15.3. The van der Waals surface area contributed by atoms with Crippen molar-refractivity contribution in [3.05, 3.63) is 87.1 Å². The molecule has 0 aliphatic rings. The third-order valence-electron chi connectivity index (χ3n) is 4.85. The number of sulfone groups is 1. The van der Waals surface area contributed by atoms with E-state index in [2.05, 4.69) is 10.6 Å². The molecule has 3 rings (SSSR count). The number of hydrogen-bond donors (Lipinski definition) is 2. The SMILES string of the molecule is Cc1ccc(S(=O)(=O)C(CNC(=O)C(=O)NCCc2ccc(Cl)cc2)c2cccs2)cc1. The molecular formula is C23H23ClN2O4S2. The van der Waals surface area contributed by atoms with Crippen molar-refractivity contribution in [1.82, 2.24) is 10.6 Å². The van der Waals surface area contributed by atoms with E-state index in [-0.39, 0.29) is 18.0 Å². The second-order valence-corrected chi connectivity index (χ2v) is 10.8. The van der Waals surface area contributed by atoms with E-state index in [1.165, 1.54) is 11.3 Å². The molecule has 6 nitrogen and oxygen atoms in total. The standard InChI is InChI=1S/C23H23ClN2O4S2/c1-16-4-10-19(11-5-16)32(29,30)21(20-3-2-14-31-20)15-26-23(28)22(27)25-13-12-17-6-8-18(24)9-7-17/h2-11,14,21H,12-13,15H2,1H3,(H,25,27)(H,26,28). The average molecular weight is 491 g/mol. The molecule has 1 heterocycles. The summed E-state index contributed by atoms with van der Waals surface area (Å²) in [6.45, 7) is 1.93. The number of rotatable bonds is 8. The number of benzene rings is 2. The van der Waals surface area contributed by atoms with E-state index in [1.54, 1.807) is 53.9 Å². The van der Waals surface area contributed by atoms with Gasteiger partial charge in [-0.3, -0.25) is 9.59 Å². The fourth-order valence-electron chi connectivity index (χ4n) is 3.05. The topological polar surface area (TPSA) is 92.3 Å². The van der Waals surface area contributed by atoms with Crippen LogP contribution in [0, 0.1) is 6.92 Å². The van der Waals surface area contributed by atoms with Gasteiger partial charge in [0, 0.05) is 23.0 Å². The van der Waals surface area contributed by atoms with Crippen LogP contribution >= 0.6 is 22.9 Å². The first-order valence-corrected chi connectivity index (χ1v) is 12.7. The third kappa shape index (κ3) is 6.18. The van der Waals surface area contributed by atoms with Gasteiger partial charge in [0.05, 0.1) is 4.90 Å². The predicted octanol–water partition coefficient (Wildman–Crippen LogP) is 3.70. The van der Waals surface area contributed by atoms with Crippen LogP contribution in [0.3, 0.4) is 0 Å². The molecule has 0 aliphatic carbocycles. The van der Waals surface area contributed by atoms with Gasteiger partial charge in [-0.1, -0.05) is 47.5 Å².